The van der Waals surface area contributed by atoms with Crippen LogP contribution in [0.3, 0.4) is 0 Å². The third-order valence-corrected chi connectivity index (χ3v) is 5.44. The van der Waals surface area contributed by atoms with Gasteiger partial charge in [0, 0.05) is 17.2 Å². The third-order valence-electron chi connectivity index (χ3n) is 4.91. The zero-order chi connectivity index (χ0) is 17.3. The number of nitrogens with zero attached hydrogens (tertiary/aromatic N) is 2. The Kier molecular flexibility index (Phi) is 4.62. The minimum Gasteiger partial charge on any atom is -0.325 e. The summed E-state index contributed by atoms with van der Waals surface area (Å²) in [5, 5.41) is 2.72. The van der Waals surface area contributed by atoms with E-state index >= 15 is 0 Å². The van der Waals surface area contributed by atoms with Crippen LogP contribution in [-0.2, 0) is 9.59 Å². The summed E-state index contributed by atoms with van der Waals surface area (Å²) in [6.45, 7) is -0.250. The first kappa shape index (κ1) is 17.0. The van der Waals surface area contributed by atoms with Crippen LogP contribution in [0.2, 0.25) is 0 Å². The summed E-state index contributed by atoms with van der Waals surface area (Å²) in [6.07, 6.45) is 4.31. The van der Waals surface area contributed by atoms with Crippen LogP contribution in [-0.4, -0.2) is 46.8 Å². The first-order valence-corrected chi connectivity index (χ1v) is 8.88. The molecule has 4 amide bonds. The number of carbonyl (C=O) groups is 3. The predicted molar refractivity (Wildman–Crippen MR) is 93.5 cm³/mol. The van der Waals surface area contributed by atoms with Gasteiger partial charge in [-0.2, -0.15) is 0 Å². The van der Waals surface area contributed by atoms with Crippen molar-refractivity contribution in [3.63, 3.8) is 0 Å². The Morgan fingerprint density at radius 1 is 1.17 bits per heavy atom. The van der Waals surface area contributed by atoms with Crippen molar-refractivity contribution >= 4 is 39.5 Å². The molecule has 3 rings (SSSR count). The minimum absolute atomic E-state index is 0.236. The van der Waals surface area contributed by atoms with E-state index in [0.717, 1.165) is 28.6 Å². The summed E-state index contributed by atoms with van der Waals surface area (Å²) < 4.78 is 0.909. The molecule has 0 unspecified atom stereocenters. The molecule has 2 aliphatic rings. The Labute approximate surface area is 149 Å². The fraction of sp³-hybridized carbons (Fsp3) is 0.471. The molecule has 1 spiro atoms. The second-order valence-electron chi connectivity index (χ2n) is 6.38. The molecule has 0 bridgehead atoms. The Morgan fingerprint density at radius 3 is 2.42 bits per heavy atom. The van der Waals surface area contributed by atoms with Gasteiger partial charge in [-0.25, -0.2) is 4.79 Å². The standard InChI is InChI=1S/C17H20BrN3O3/c1-20-16(24)21(15(23)17(20)9-3-2-4-10-17)11-14(22)19-13-7-5-12(18)6-8-13/h5-8H,2-4,9-11H2,1H3,(H,19,22). The number of carbonyl (C=O) groups excluding carboxylic acids is 3. The van der Waals surface area contributed by atoms with E-state index in [0.29, 0.717) is 18.5 Å². The molecule has 6 nitrogen and oxygen atoms in total. The van der Waals surface area contributed by atoms with Crippen molar-refractivity contribution in [3.8, 4) is 0 Å². The highest BCUT2D eigenvalue weighted by molar-refractivity contribution is 9.10. The lowest BCUT2D eigenvalue weighted by Gasteiger charge is -2.35. The maximum atomic E-state index is 12.8. The van der Waals surface area contributed by atoms with Crippen molar-refractivity contribution in [1.29, 1.82) is 0 Å². The van der Waals surface area contributed by atoms with Gasteiger partial charge in [-0.3, -0.25) is 14.5 Å². The molecule has 0 atom stereocenters. The van der Waals surface area contributed by atoms with E-state index in [1.54, 1.807) is 19.2 Å². The van der Waals surface area contributed by atoms with Gasteiger partial charge < -0.3 is 10.2 Å². The van der Waals surface area contributed by atoms with Gasteiger partial charge in [-0.15, -0.1) is 0 Å². The molecule has 128 valence electrons. The molecule has 2 fully saturated rings. The number of imide groups is 1. The third kappa shape index (κ3) is 2.92. The molecule has 1 saturated carbocycles. The normalized spacial score (nSPS) is 19.9. The zero-order valence-corrected chi connectivity index (χ0v) is 15.1. The molecule has 0 aromatic heterocycles. The molecule has 1 aromatic carbocycles. The van der Waals surface area contributed by atoms with Crippen LogP contribution >= 0.6 is 15.9 Å². The van der Waals surface area contributed by atoms with Crippen LogP contribution in [0, 0.1) is 0 Å². The first-order chi connectivity index (χ1) is 11.4. The number of likely N-dealkylation sites (N-methyl/N-ethyl adjacent to an activating group) is 1. The smallest absolute Gasteiger partial charge is 0.325 e. The maximum absolute atomic E-state index is 12.8. The number of hydrogen-bond acceptors (Lipinski definition) is 3. The number of urea groups is 1. The van der Waals surface area contributed by atoms with E-state index in [-0.39, 0.29) is 24.4 Å². The number of halogens is 1. The van der Waals surface area contributed by atoms with Crippen molar-refractivity contribution in [2.24, 2.45) is 0 Å². The van der Waals surface area contributed by atoms with Gasteiger partial charge in [0.05, 0.1) is 0 Å². The number of anilines is 1. The topological polar surface area (TPSA) is 69.7 Å². The molecule has 1 aliphatic carbocycles. The number of amides is 4. The van der Waals surface area contributed by atoms with Gasteiger partial charge in [0.15, 0.2) is 0 Å². The zero-order valence-electron chi connectivity index (χ0n) is 13.5. The molecule has 1 heterocycles. The number of benzene rings is 1. The lowest BCUT2D eigenvalue weighted by molar-refractivity contribution is -0.136. The average molecular weight is 394 g/mol. The molecule has 1 saturated heterocycles. The van der Waals surface area contributed by atoms with Crippen LogP contribution in [0.4, 0.5) is 10.5 Å². The van der Waals surface area contributed by atoms with E-state index in [4.69, 9.17) is 0 Å². The summed E-state index contributed by atoms with van der Waals surface area (Å²) in [7, 11) is 1.66. The van der Waals surface area contributed by atoms with Gasteiger partial charge in [0.1, 0.15) is 12.1 Å². The largest absolute Gasteiger partial charge is 0.327 e. The number of nitrogens with one attached hydrogen (secondary N) is 1. The monoisotopic (exact) mass is 393 g/mol. The lowest BCUT2D eigenvalue weighted by atomic mass is 9.81. The highest BCUT2D eigenvalue weighted by atomic mass is 79.9. The van der Waals surface area contributed by atoms with Crippen LogP contribution in [0.5, 0.6) is 0 Å². The molecule has 1 aromatic rings. The SMILES string of the molecule is CN1C(=O)N(CC(=O)Nc2ccc(Br)cc2)C(=O)C12CCCCC2. The fourth-order valence-corrected chi connectivity index (χ4v) is 3.81. The van der Waals surface area contributed by atoms with Crippen molar-refractivity contribution in [1.82, 2.24) is 9.80 Å². The van der Waals surface area contributed by atoms with E-state index in [9.17, 15) is 14.4 Å². The van der Waals surface area contributed by atoms with Gasteiger partial charge in [-0.1, -0.05) is 35.2 Å². The highest BCUT2D eigenvalue weighted by Crippen LogP contribution is 2.39. The second-order valence-corrected chi connectivity index (χ2v) is 7.30. The lowest BCUT2D eigenvalue weighted by Crippen LogP contribution is -2.49. The van der Waals surface area contributed by atoms with Crippen molar-refractivity contribution < 1.29 is 14.4 Å². The molecular formula is C17H20BrN3O3. The summed E-state index contributed by atoms with van der Waals surface area (Å²) in [6, 6.07) is 6.75. The highest BCUT2D eigenvalue weighted by Gasteiger charge is 2.55. The Balaban J connectivity index is 1.70. The van der Waals surface area contributed by atoms with Crippen LogP contribution in [0.15, 0.2) is 28.7 Å². The summed E-state index contributed by atoms with van der Waals surface area (Å²) >= 11 is 3.33. The molecule has 1 aliphatic heterocycles. The molecule has 24 heavy (non-hydrogen) atoms. The quantitative estimate of drug-likeness (QED) is 0.802. The molecular weight excluding hydrogens is 374 g/mol. The Morgan fingerprint density at radius 2 is 1.79 bits per heavy atom. The Bertz CT molecular complexity index is 668. The molecule has 1 N–H and O–H groups in total. The van der Waals surface area contributed by atoms with E-state index < -0.39 is 5.54 Å². The summed E-state index contributed by atoms with van der Waals surface area (Å²) in [4.78, 5) is 40.1. The van der Waals surface area contributed by atoms with E-state index in [2.05, 4.69) is 21.2 Å². The fourth-order valence-electron chi connectivity index (χ4n) is 3.55. The summed E-state index contributed by atoms with van der Waals surface area (Å²) in [5.74, 6) is -0.610. The Hall–Kier alpha value is -1.89. The predicted octanol–water partition coefficient (Wildman–Crippen LogP) is 2.98. The molecule has 7 heteroatoms. The maximum Gasteiger partial charge on any atom is 0.327 e. The van der Waals surface area contributed by atoms with Crippen LogP contribution in [0.25, 0.3) is 0 Å². The van der Waals surface area contributed by atoms with Crippen molar-refractivity contribution in [2.45, 2.75) is 37.6 Å². The van der Waals surface area contributed by atoms with Crippen LogP contribution in [0.1, 0.15) is 32.1 Å². The summed E-state index contributed by atoms with van der Waals surface area (Å²) in [5.41, 5.74) is -0.115. The number of hydrogen-bond donors (Lipinski definition) is 1. The van der Waals surface area contributed by atoms with E-state index in [1.165, 1.54) is 4.90 Å². The van der Waals surface area contributed by atoms with E-state index in [1.807, 2.05) is 12.1 Å². The van der Waals surface area contributed by atoms with Crippen molar-refractivity contribution in [2.75, 3.05) is 18.9 Å². The van der Waals surface area contributed by atoms with Gasteiger partial charge in [0.2, 0.25) is 5.91 Å². The van der Waals surface area contributed by atoms with Crippen LogP contribution < -0.4 is 5.32 Å². The average Bonchev–Trinajstić information content (AvgIpc) is 2.74. The van der Waals surface area contributed by atoms with Gasteiger partial charge >= 0.3 is 6.03 Å². The second kappa shape index (κ2) is 6.55. The van der Waals surface area contributed by atoms with Crippen molar-refractivity contribution in [3.05, 3.63) is 28.7 Å². The molecule has 0 radical (unpaired) electrons. The van der Waals surface area contributed by atoms with Gasteiger partial charge in [-0.05, 0) is 37.1 Å². The number of rotatable bonds is 3. The van der Waals surface area contributed by atoms with Gasteiger partial charge in [0.25, 0.3) is 5.91 Å². The minimum atomic E-state index is -0.743. The first-order valence-electron chi connectivity index (χ1n) is 8.09.